The minimum absolute atomic E-state index is 0.0131. The van der Waals surface area contributed by atoms with Crippen LogP contribution >= 0.6 is 0 Å². The molecule has 2 saturated heterocycles. The molecular weight excluding hydrogens is 658 g/mol. The number of carbonyl (C=O) groups excluding carboxylic acids is 2. The lowest BCUT2D eigenvalue weighted by molar-refractivity contribution is -0.132. The third kappa shape index (κ3) is 7.19. The van der Waals surface area contributed by atoms with Crippen molar-refractivity contribution < 1.29 is 24.8 Å². The van der Waals surface area contributed by atoms with Gasteiger partial charge in [-0.3, -0.25) is 24.6 Å². The Bertz CT molecular complexity index is 1990. The Kier molecular flexibility index (Phi) is 9.89. The molecular formula is C39H46N9O4+. The van der Waals surface area contributed by atoms with Gasteiger partial charge in [0.25, 0.3) is 0 Å². The molecule has 2 aromatic heterocycles. The number of rotatable bonds is 11. The first kappa shape index (κ1) is 35.0. The van der Waals surface area contributed by atoms with E-state index in [1.165, 1.54) is 5.57 Å². The summed E-state index contributed by atoms with van der Waals surface area (Å²) >= 11 is 0. The average molecular weight is 705 g/mol. The Morgan fingerprint density at radius 3 is 2.54 bits per heavy atom. The first-order chi connectivity index (χ1) is 25.1. The minimum atomic E-state index is -0.513. The summed E-state index contributed by atoms with van der Waals surface area (Å²) in [4.78, 5) is 42.0. The number of hydrogen-bond donors (Lipinski definition) is 3. The maximum Gasteiger partial charge on any atom is 0.237 e. The zero-order valence-corrected chi connectivity index (χ0v) is 29.7. The maximum absolute atomic E-state index is 14.0. The molecule has 52 heavy (non-hydrogen) atoms. The number of anilines is 2. The molecule has 2 amide bonds. The van der Waals surface area contributed by atoms with Crippen molar-refractivity contribution in [2.75, 3.05) is 56.5 Å². The van der Waals surface area contributed by atoms with Crippen LogP contribution in [0.2, 0.25) is 0 Å². The number of nitrogens with two attached hydrogens (primary N) is 2. The second kappa shape index (κ2) is 14.7. The van der Waals surface area contributed by atoms with Crippen LogP contribution < -0.4 is 20.8 Å². The van der Waals surface area contributed by atoms with E-state index in [1.54, 1.807) is 29.3 Å². The molecule has 1 spiro atoms. The van der Waals surface area contributed by atoms with Crippen molar-refractivity contribution in [3.8, 4) is 17.3 Å². The zero-order chi connectivity index (χ0) is 36.4. The molecule has 0 aliphatic carbocycles. The molecule has 4 aromatic rings. The summed E-state index contributed by atoms with van der Waals surface area (Å²) in [5.41, 5.74) is 12.2. The number of benzene rings is 2. The number of aliphatic hydroxyl groups is 1. The number of nitrogen functional groups attached to an aromatic ring is 1. The summed E-state index contributed by atoms with van der Waals surface area (Å²) in [6.07, 6.45) is 7.65. The molecule has 270 valence electrons. The normalized spacial score (nSPS) is 19.2. The Balaban J connectivity index is 0.939. The van der Waals surface area contributed by atoms with Gasteiger partial charge in [0, 0.05) is 55.4 Å². The highest BCUT2D eigenvalue weighted by atomic mass is 16.5. The van der Waals surface area contributed by atoms with Gasteiger partial charge in [-0.15, -0.1) is 0 Å². The van der Waals surface area contributed by atoms with Crippen molar-refractivity contribution >= 4 is 34.5 Å². The summed E-state index contributed by atoms with van der Waals surface area (Å²) in [6.45, 7) is 7.68. The van der Waals surface area contributed by atoms with Crippen LogP contribution in [0.1, 0.15) is 49.8 Å². The van der Waals surface area contributed by atoms with Crippen LogP contribution in [0.5, 0.6) is 5.88 Å². The van der Waals surface area contributed by atoms with E-state index >= 15 is 0 Å². The number of aromatic nitrogens is 4. The summed E-state index contributed by atoms with van der Waals surface area (Å²) in [5.74, 6) is 1.31. The lowest BCUT2D eigenvalue weighted by Crippen LogP contribution is -2.43. The van der Waals surface area contributed by atoms with E-state index in [2.05, 4.69) is 38.2 Å². The summed E-state index contributed by atoms with van der Waals surface area (Å²) in [5, 5.41) is 20.1. The Labute approximate surface area is 303 Å². The smallest absolute Gasteiger partial charge is 0.237 e. The molecule has 3 aliphatic heterocycles. The van der Waals surface area contributed by atoms with Gasteiger partial charge in [0.1, 0.15) is 6.33 Å². The number of hydrogen-bond acceptors (Lipinski definition) is 9. The van der Waals surface area contributed by atoms with Crippen molar-refractivity contribution in [3.05, 3.63) is 89.9 Å². The highest BCUT2D eigenvalue weighted by Crippen LogP contribution is 2.43. The summed E-state index contributed by atoms with van der Waals surface area (Å²) in [6, 6.07) is 17.3. The van der Waals surface area contributed by atoms with Gasteiger partial charge >= 0.3 is 0 Å². The standard InChI is InChI=1S/C39H45N9O4/c1-26(2)52-34-10-7-30(22-42-34)36(41)32-21-31(8-9-33(32)40)48-18-14-39(38(48)51)13-17-45(24-39)23-35(50)46-15-11-28(12-16-46)27-3-5-29(6-4-27)37-43-25-47(44-37)19-20-49/h3-11,21-22,25-26,41,49H,12-20,23-24,40H2,1-2H3/p+1/t39-/m0/s1. The Morgan fingerprint density at radius 2 is 1.83 bits per heavy atom. The van der Waals surface area contributed by atoms with Crippen LogP contribution in [0.3, 0.4) is 0 Å². The van der Waals surface area contributed by atoms with E-state index in [4.69, 9.17) is 21.0 Å². The van der Waals surface area contributed by atoms with Crippen molar-refractivity contribution in [1.29, 1.82) is 0 Å². The van der Waals surface area contributed by atoms with E-state index in [1.807, 2.05) is 54.0 Å². The van der Waals surface area contributed by atoms with Gasteiger partial charge in [-0.2, -0.15) is 5.10 Å². The predicted octanol–water partition coefficient (Wildman–Crippen LogP) is 2.04. The second-order valence-corrected chi connectivity index (χ2v) is 14.1. The molecule has 0 radical (unpaired) electrons. The molecule has 0 bridgehead atoms. The van der Waals surface area contributed by atoms with Crippen LogP contribution in [0, 0.1) is 5.41 Å². The second-order valence-electron chi connectivity index (χ2n) is 14.1. The van der Waals surface area contributed by atoms with Gasteiger partial charge in [0.15, 0.2) is 5.82 Å². The first-order valence-electron chi connectivity index (χ1n) is 17.9. The highest BCUT2D eigenvalue weighted by molar-refractivity contribution is 6.13. The van der Waals surface area contributed by atoms with E-state index in [0.29, 0.717) is 80.0 Å². The van der Waals surface area contributed by atoms with Crippen molar-refractivity contribution in [1.82, 2.24) is 29.5 Å². The van der Waals surface area contributed by atoms with E-state index in [9.17, 15) is 9.59 Å². The lowest BCUT2D eigenvalue weighted by Gasteiger charge is -2.29. The third-order valence-electron chi connectivity index (χ3n) is 10.3. The topological polar surface area (TPSA) is 169 Å². The number of pyridine rings is 1. The molecule has 7 rings (SSSR count). The van der Waals surface area contributed by atoms with Gasteiger partial charge in [0.2, 0.25) is 23.4 Å². The number of carbonyl (C=O) groups is 2. The average Bonchev–Trinajstić information content (AvgIpc) is 3.88. The third-order valence-corrected chi connectivity index (χ3v) is 10.3. The van der Waals surface area contributed by atoms with Gasteiger partial charge in [0.05, 0.1) is 42.3 Å². The zero-order valence-electron chi connectivity index (χ0n) is 29.7. The van der Waals surface area contributed by atoms with Gasteiger partial charge in [-0.1, -0.05) is 30.3 Å². The molecule has 2 fully saturated rings. The van der Waals surface area contributed by atoms with Crippen LogP contribution in [-0.4, -0.2) is 104 Å². The monoisotopic (exact) mass is 704 g/mol. The summed E-state index contributed by atoms with van der Waals surface area (Å²) in [7, 11) is 0. The van der Waals surface area contributed by atoms with Crippen LogP contribution in [-0.2, 0) is 16.1 Å². The molecule has 2 aromatic carbocycles. The van der Waals surface area contributed by atoms with Gasteiger partial charge < -0.3 is 25.4 Å². The maximum atomic E-state index is 14.0. The van der Waals surface area contributed by atoms with Crippen molar-refractivity contribution in [2.45, 2.75) is 45.8 Å². The Hall–Kier alpha value is -5.40. The van der Waals surface area contributed by atoms with Crippen LogP contribution in [0.4, 0.5) is 11.4 Å². The molecule has 3 aliphatic rings. The SMILES string of the molecule is CC(C)Oc1ccc(C(=[NH2+])c2cc(N3CC[C@]4(CCN(CC(=O)N5CC=C(c6ccc(-c7ncn(CCO)n7)cc6)CC5)C4)C3=O)ccc2N)cn1. The van der Waals surface area contributed by atoms with Gasteiger partial charge in [-0.05, 0) is 75.1 Å². The number of amides is 2. The van der Waals surface area contributed by atoms with E-state index in [0.717, 1.165) is 36.1 Å². The lowest BCUT2D eigenvalue weighted by atomic mass is 9.85. The molecule has 0 saturated carbocycles. The summed E-state index contributed by atoms with van der Waals surface area (Å²) < 4.78 is 7.28. The molecule has 5 N–H and O–H groups in total. The molecule has 1 atom stereocenters. The van der Waals surface area contributed by atoms with E-state index < -0.39 is 5.41 Å². The highest BCUT2D eigenvalue weighted by Gasteiger charge is 2.51. The van der Waals surface area contributed by atoms with E-state index in [-0.39, 0.29) is 24.5 Å². The predicted molar refractivity (Wildman–Crippen MR) is 198 cm³/mol. The Morgan fingerprint density at radius 1 is 1.04 bits per heavy atom. The fraction of sp³-hybridized carbons (Fsp3) is 0.385. The minimum Gasteiger partial charge on any atom is -0.475 e. The molecule has 5 heterocycles. The quantitative estimate of drug-likeness (QED) is 0.156. The van der Waals surface area contributed by atoms with Crippen molar-refractivity contribution in [2.24, 2.45) is 5.41 Å². The molecule has 0 unspecified atom stereocenters. The number of ether oxygens (including phenoxy) is 1. The first-order valence-corrected chi connectivity index (χ1v) is 17.9. The van der Waals surface area contributed by atoms with Crippen molar-refractivity contribution in [3.63, 3.8) is 0 Å². The molecule has 13 heteroatoms. The number of aliphatic hydroxyl groups excluding tert-OH is 1. The van der Waals surface area contributed by atoms with Crippen LogP contribution in [0.25, 0.3) is 17.0 Å². The number of nitrogens with zero attached hydrogens (tertiary/aromatic N) is 7. The van der Waals surface area contributed by atoms with Gasteiger partial charge in [-0.25, -0.2) is 9.97 Å². The van der Waals surface area contributed by atoms with Crippen LogP contribution in [0.15, 0.2) is 73.2 Å². The largest absolute Gasteiger partial charge is 0.475 e. The number of likely N-dealkylation sites (tertiary alicyclic amines) is 1. The fourth-order valence-electron chi connectivity index (χ4n) is 7.41. The fourth-order valence-corrected chi connectivity index (χ4v) is 7.41. The molecule has 13 nitrogen and oxygen atoms in total.